The zero-order valence-corrected chi connectivity index (χ0v) is 6.67. The van der Waals surface area contributed by atoms with Gasteiger partial charge >= 0.3 is 0 Å². The first-order chi connectivity index (χ1) is 3.72. The van der Waals surface area contributed by atoms with Crippen molar-refractivity contribution >= 4 is 24.4 Å². The van der Waals surface area contributed by atoms with E-state index >= 15 is 0 Å². The van der Waals surface area contributed by atoms with E-state index in [1.165, 1.54) is 5.70 Å². The van der Waals surface area contributed by atoms with Crippen molar-refractivity contribution in [3.63, 3.8) is 0 Å². The molecule has 0 saturated heterocycles. The highest BCUT2D eigenvalue weighted by atomic mass is 32.2. The van der Waals surface area contributed by atoms with Gasteiger partial charge in [-0.3, -0.25) is 0 Å². The quantitative estimate of drug-likeness (QED) is 0.520. The van der Waals surface area contributed by atoms with Crippen LogP contribution in [0.3, 0.4) is 0 Å². The summed E-state index contributed by atoms with van der Waals surface area (Å²) in [6, 6.07) is 0. The Morgan fingerprint density at radius 1 is 1.88 bits per heavy atom. The Hall–Kier alpha value is 0.240. The van der Waals surface area contributed by atoms with Gasteiger partial charge in [0.25, 0.3) is 0 Å². The lowest BCUT2D eigenvalue weighted by Gasteiger charge is -2.16. The van der Waals surface area contributed by atoms with Gasteiger partial charge in [-0.25, -0.2) is 0 Å². The molecule has 46 valence electrons. The highest BCUT2D eigenvalue weighted by molar-refractivity contribution is 8.12. The van der Waals surface area contributed by atoms with Gasteiger partial charge < -0.3 is 4.90 Å². The van der Waals surface area contributed by atoms with Crippen LogP contribution in [0.25, 0.3) is 0 Å². The lowest BCUT2D eigenvalue weighted by atomic mass is 10.5. The fourth-order valence-corrected chi connectivity index (χ4v) is 1.71. The molecule has 1 aliphatic rings. The first-order valence-corrected chi connectivity index (χ1v) is 3.91. The van der Waals surface area contributed by atoms with Crippen molar-refractivity contribution in [2.75, 3.05) is 7.05 Å². The number of thioether (sulfide) groups is 1. The summed E-state index contributed by atoms with van der Waals surface area (Å²) in [6.45, 7) is 2.09. The number of hydrogen-bond acceptors (Lipinski definition) is 3. The van der Waals surface area contributed by atoms with E-state index in [1.54, 1.807) is 11.8 Å². The summed E-state index contributed by atoms with van der Waals surface area (Å²) in [7, 11) is 2.05. The molecule has 0 bridgehead atoms. The maximum atomic E-state index is 4.28. The smallest absolute Gasteiger partial charge is 0.123 e. The van der Waals surface area contributed by atoms with Crippen molar-refractivity contribution in [3.8, 4) is 0 Å². The molecule has 0 N–H and O–H groups in total. The van der Waals surface area contributed by atoms with Gasteiger partial charge in [0.15, 0.2) is 0 Å². The SMILES string of the molecule is CC1=CSC(S)N1C. The fourth-order valence-electron chi connectivity index (χ4n) is 0.508. The van der Waals surface area contributed by atoms with E-state index < -0.39 is 0 Å². The minimum Gasteiger partial charge on any atom is -0.357 e. The second kappa shape index (κ2) is 2.23. The predicted molar refractivity (Wildman–Crippen MR) is 41.9 cm³/mol. The van der Waals surface area contributed by atoms with Crippen LogP contribution >= 0.6 is 24.4 Å². The molecule has 0 saturated carbocycles. The lowest BCUT2D eigenvalue weighted by molar-refractivity contribution is 0.482. The molecule has 0 spiro atoms. The highest BCUT2D eigenvalue weighted by Gasteiger charge is 2.15. The van der Waals surface area contributed by atoms with Gasteiger partial charge in [-0.2, -0.15) is 0 Å². The third kappa shape index (κ3) is 0.977. The van der Waals surface area contributed by atoms with Crippen molar-refractivity contribution in [2.45, 2.75) is 11.6 Å². The molecule has 1 heterocycles. The Labute approximate surface area is 59.5 Å². The van der Waals surface area contributed by atoms with Gasteiger partial charge in [-0.05, 0) is 12.3 Å². The second-order valence-electron chi connectivity index (χ2n) is 1.83. The maximum Gasteiger partial charge on any atom is 0.123 e. The zero-order chi connectivity index (χ0) is 6.15. The molecule has 1 nitrogen and oxygen atoms in total. The maximum absolute atomic E-state index is 4.28. The van der Waals surface area contributed by atoms with Crippen LogP contribution in [0.5, 0.6) is 0 Å². The van der Waals surface area contributed by atoms with E-state index in [0.29, 0.717) is 4.71 Å². The molecule has 0 radical (unpaired) electrons. The van der Waals surface area contributed by atoms with Crippen molar-refractivity contribution < 1.29 is 0 Å². The Balaban J connectivity index is 2.59. The summed E-state index contributed by atoms with van der Waals surface area (Å²) in [5.41, 5.74) is 1.30. The van der Waals surface area contributed by atoms with Crippen LogP contribution in [0.15, 0.2) is 11.1 Å². The summed E-state index contributed by atoms with van der Waals surface area (Å²) in [5, 5.41) is 2.12. The van der Waals surface area contributed by atoms with Crippen LogP contribution in [0.2, 0.25) is 0 Å². The van der Waals surface area contributed by atoms with Crippen LogP contribution in [-0.2, 0) is 0 Å². The van der Waals surface area contributed by atoms with Gasteiger partial charge in [0.1, 0.15) is 4.71 Å². The molecule has 1 aliphatic heterocycles. The normalized spacial score (nSPS) is 28.6. The molecular weight excluding hydrogens is 138 g/mol. The molecular formula is C5H9NS2. The van der Waals surface area contributed by atoms with Gasteiger partial charge in [0.05, 0.1) is 0 Å². The van der Waals surface area contributed by atoms with E-state index in [2.05, 4.69) is 29.9 Å². The standard InChI is InChI=1S/C5H9NS2/c1-4-3-8-5(7)6(4)2/h3,5,7H,1-2H3. The minimum absolute atomic E-state index is 0.343. The minimum atomic E-state index is 0.343. The molecule has 0 aromatic rings. The number of thiol groups is 1. The number of allylic oxidation sites excluding steroid dienone is 1. The third-order valence-corrected chi connectivity index (χ3v) is 3.00. The van der Waals surface area contributed by atoms with Crippen molar-refractivity contribution in [1.29, 1.82) is 0 Å². The van der Waals surface area contributed by atoms with Gasteiger partial charge in [0.2, 0.25) is 0 Å². The van der Waals surface area contributed by atoms with Crippen molar-refractivity contribution in [3.05, 3.63) is 11.1 Å². The van der Waals surface area contributed by atoms with Crippen LogP contribution < -0.4 is 0 Å². The topological polar surface area (TPSA) is 3.24 Å². The Morgan fingerprint density at radius 2 is 2.50 bits per heavy atom. The predicted octanol–water partition coefficient (Wildman–Crippen LogP) is 1.74. The third-order valence-electron chi connectivity index (χ3n) is 1.25. The first kappa shape index (κ1) is 6.36. The van der Waals surface area contributed by atoms with Crippen molar-refractivity contribution in [2.24, 2.45) is 0 Å². The number of hydrogen-bond donors (Lipinski definition) is 1. The molecule has 0 fully saturated rings. The van der Waals surface area contributed by atoms with Crippen LogP contribution in [-0.4, -0.2) is 16.7 Å². The average molecular weight is 147 g/mol. The summed E-state index contributed by atoms with van der Waals surface area (Å²) in [6.07, 6.45) is 0. The van der Waals surface area contributed by atoms with Crippen LogP contribution in [0, 0.1) is 0 Å². The van der Waals surface area contributed by atoms with Gasteiger partial charge in [0, 0.05) is 12.7 Å². The highest BCUT2D eigenvalue weighted by Crippen LogP contribution is 2.30. The Morgan fingerprint density at radius 3 is 2.62 bits per heavy atom. The van der Waals surface area contributed by atoms with Gasteiger partial charge in [-0.1, -0.05) is 11.8 Å². The van der Waals surface area contributed by atoms with Gasteiger partial charge in [-0.15, -0.1) is 12.6 Å². The Bertz CT molecular complexity index is 122. The molecule has 0 aromatic carbocycles. The molecule has 1 unspecified atom stereocenters. The molecule has 1 atom stereocenters. The summed E-state index contributed by atoms with van der Waals surface area (Å²) >= 11 is 6.02. The molecule has 3 heteroatoms. The van der Waals surface area contributed by atoms with Crippen LogP contribution in [0.1, 0.15) is 6.92 Å². The number of nitrogens with zero attached hydrogens (tertiary/aromatic N) is 1. The first-order valence-electron chi connectivity index (χ1n) is 2.45. The molecule has 0 aliphatic carbocycles. The largest absolute Gasteiger partial charge is 0.357 e. The van der Waals surface area contributed by atoms with E-state index in [-0.39, 0.29) is 0 Å². The van der Waals surface area contributed by atoms with E-state index in [4.69, 9.17) is 0 Å². The summed E-state index contributed by atoms with van der Waals surface area (Å²) in [4.78, 5) is 2.13. The van der Waals surface area contributed by atoms with E-state index in [1.807, 2.05) is 7.05 Å². The second-order valence-corrected chi connectivity index (χ2v) is 3.63. The lowest BCUT2D eigenvalue weighted by Crippen LogP contribution is -2.16. The van der Waals surface area contributed by atoms with E-state index in [0.717, 1.165) is 0 Å². The Kier molecular flexibility index (Phi) is 1.77. The number of rotatable bonds is 0. The molecule has 0 amide bonds. The fraction of sp³-hybridized carbons (Fsp3) is 0.600. The average Bonchev–Trinajstić information content (AvgIpc) is 1.98. The van der Waals surface area contributed by atoms with E-state index in [9.17, 15) is 0 Å². The van der Waals surface area contributed by atoms with Crippen molar-refractivity contribution in [1.82, 2.24) is 4.90 Å². The molecule has 0 aromatic heterocycles. The summed E-state index contributed by atoms with van der Waals surface area (Å²) < 4.78 is 0.343. The molecule has 1 rings (SSSR count). The zero-order valence-electron chi connectivity index (χ0n) is 4.96. The summed E-state index contributed by atoms with van der Waals surface area (Å²) in [5.74, 6) is 0. The molecule has 8 heavy (non-hydrogen) atoms. The monoisotopic (exact) mass is 147 g/mol. The van der Waals surface area contributed by atoms with Crippen LogP contribution in [0.4, 0.5) is 0 Å².